The number of pyridine rings is 1. The van der Waals surface area contributed by atoms with E-state index in [2.05, 4.69) is 56.2 Å². The molecule has 3 aromatic heterocycles. The van der Waals surface area contributed by atoms with Gasteiger partial charge in [0.05, 0.1) is 18.1 Å². The maximum atomic E-state index is 4.49. The standard InChI is InChI=1S/C16H17N5/c1-11-4-6-17-14(9-11)21-8-2-3-13(21)16-15-12(5-7-18-16)19-10-20-15/h2-4,6,8-10,16,18H,5,7H2,1H3,(H,19,20)/t16-/m1/s1. The van der Waals surface area contributed by atoms with E-state index in [1.165, 1.54) is 17.0 Å². The van der Waals surface area contributed by atoms with Crippen LogP contribution in [0.4, 0.5) is 0 Å². The Kier molecular flexibility index (Phi) is 2.86. The monoisotopic (exact) mass is 279 g/mol. The van der Waals surface area contributed by atoms with Crippen LogP contribution in [0.2, 0.25) is 0 Å². The van der Waals surface area contributed by atoms with Crippen LogP contribution < -0.4 is 5.32 Å². The highest BCUT2D eigenvalue weighted by molar-refractivity contribution is 5.36. The molecule has 1 atom stereocenters. The van der Waals surface area contributed by atoms with Crippen LogP contribution in [0.3, 0.4) is 0 Å². The first kappa shape index (κ1) is 12.3. The molecule has 5 heteroatoms. The first-order chi connectivity index (χ1) is 10.3. The molecule has 0 bridgehead atoms. The number of aromatic nitrogens is 4. The highest BCUT2D eigenvalue weighted by Gasteiger charge is 2.26. The van der Waals surface area contributed by atoms with Crippen LogP contribution >= 0.6 is 0 Å². The Bertz CT molecular complexity index is 770. The number of aromatic amines is 1. The van der Waals surface area contributed by atoms with E-state index >= 15 is 0 Å². The molecule has 0 radical (unpaired) electrons. The molecule has 0 aromatic carbocycles. The number of hydrogen-bond acceptors (Lipinski definition) is 3. The molecule has 5 nitrogen and oxygen atoms in total. The van der Waals surface area contributed by atoms with Crippen LogP contribution in [-0.4, -0.2) is 26.1 Å². The molecule has 3 aromatic rings. The van der Waals surface area contributed by atoms with E-state index in [1.54, 1.807) is 6.33 Å². The molecule has 0 amide bonds. The van der Waals surface area contributed by atoms with Gasteiger partial charge in [-0.3, -0.25) is 0 Å². The minimum atomic E-state index is 0.109. The predicted molar refractivity (Wildman–Crippen MR) is 80.4 cm³/mol. The van der Waals surface area contributed by atoms with Crippen LogP contribution in [-0.2, 0) is 6.42 Å². The lowest BCUT2D eigenvalue weighted by Crippen LogP contribution is -2.32. The Balaban J connectivity index is 1.81. The number of aryl methyl sites for hydroxylation is 1. The van der Waals surface area contributed by atoms with Crippen LogP contribution in [0.15, 0.2) is 43.0 Å². The van der Waals surface area contributed by atoms with Crippen LogP contribution in [0.1, 0.15) is 28.7 Å². The third-order valence-electron chi connectivity index (χ3n) is 3.97. The van der Waals surface area contributed by atoms with Crippen LogP contribution in [0, 0.1) is 6.92 Å². The summed E-state index contributed by atoms with van der Waals surface area (Å²) in [5.41, 5.74) is 4.69. The second kappa shape index (κ2) is 4.86. The van der Waals surface area contributed by atoms with E-state index in [-0.39, 0.29) is 6.04 Å². The van der Waals surface area contributed by atoms with Gasteiger partial charge in [0.1, 0.15) is 5.82 Å². The summed E-state index contributed by atoms with van der Waals surface area (Å²) in [5.74, 6) is 0.944. The Morgan fingerprint density at radius 3 is 3.14 bits per heavy atom. The van der Waals surface area contributed by atoms with E-state index in [0.29, 0.717) is 0 Å². The average molecular weight is 279 g/mol. The van der Waals surface area contributed by atoms with Crippen molar-refractivity contribution in [2.75, 3.05) is 6.54 Å². The Morgan fingerprint density at radius 2 is 2.24 bits per heavy atom. The van der Waals surface area contributed by atoms with Crippen molar-refractivity contribution in [1.82, 2.24) is 24.8 Å². The van der Waals surface area contributed by atoms with Crippen molar-refractivity contribution in [3.8, 4) is 5.82 Å². The summed E-state index contributed by atoms with van der Waals surface area (Å²) < 4.78 is 2.13. The van der Waals surface area contributed by atoms with Gasteiger partial charge in [-0.1, -0.05) is 0 Å². The third kappa shape index (κ3) is 2.06. The van der Waals surface area contributed by atoms with Crippen molar-refractivity contribution >= 4 is 0 Å². The molecule has 1 aliphatic rings. The van der Waals surface area contributed by atoms with Gasteiger partial charge in [0, 0.05) is 36.7 Å². The lowest BCUT2D eigenvalue weighted by molar-refractivity contribution is 0.536. The molecule has 4 heterocycles. The van der Waals surface area contributed by atoms with Crippen molar-refractivity contribution in [2.45, 2.75) is 19.4 Å². The minimum absolute atomic E-state index is 0.109. The highest BCUT2D eigenvalue weighted by atomic mass is 15.1. The van der Waals surface area contributed by atoms with Crippen LogP contribution in [0.5, 0.6) is 0 Å². The van der Waals surface area contributed by atoms with Crippen molar-refractivity contribution < 1.29 is 0 Å². The fourth-order valence-electron chi connectivity index (χ4n) is 2.95. The van der Waals surface area contributed by atoms with Gasteiger partial charge in [0.2, 0.25) is 0 Å². The maximum absolute atomic E-state index is 4.49. The fraction of sp³-hybridized carbons (Fsp3) is 0.250. The van der Waals surface area contributed by atoms with E-state index in [1.807, 2.05) is 12.3 Å². The lowest BCUT2D eigenvalue weighted by Gasteiger charge is -2.24. The second-order valence-electron chi connectivity index (χ2n) is 5.40. The summed E-state index contributed by atoms with van der Waals surface area (Å²) in [6.45, 7) is 3.03. The van der Waals surface area contributed by atoms with Gasteiger partial charge in [-0.05, 0) is 36.8 Å². The van der Waals surface area contributed by atoms with Gasteiger partial charge < -0.3 is 14.9 Å². The molecule has 21 heavy (non-hydrogen) atoms. The van der Waals surface area contributed by atoms with E-state index in [0.717, 1.165) is 24.5 Å². The number of hydrogen-bond donors (Lipinski definition) is 2. The summed E-state index contributed by atoms with van der Waals surface area (Å²) in [7, 11) is 0. The largest absolute Gasteiger partial charge is 0.348 e. The maximum Gasteiger partial charge on any atom is 0.137 e. The molecule has 0 fully saturated rings. The third-order valence-corrected chi connectivity index (χ3v) is 3.97. The van der Waals surface area contributed by atoms with Crippen molar-refractivity contribution in [3.05, 3.63) is 65.6 Å². The van der Waals surface area contributed by atoms with Gasteiger partial charge in [0.25, 0.3) is 0 Å². The predicted octanol–water partition coefficient (Wildman–Crippen LogP) is 2.14. The molecule has 0 unspecified atom stereocenters. The first-order valence-corrected chi connectivity index (χ1v) is 7.19. The number of nitrogens with zero attached hydrogens (tertiary/aromatic N) is 3. The van der Waals surface area contributed by atoms with Gasteiger partial charge >= 0.3 is 0 Å². The normalized spacial score (nSPS) is 17.7. The molecular weight excluding hydrogens is 262 g/mol. The lowest BCUT2D eigenvalue weighted by atomic mass is 10.0. The number of rotatable bonds is 2. The molecule has 0 saturated carbocycles. The summed E-state index contributed by atoms with van der Waals surface area (Å²) in [5, 5.41) is 3.56. The highest BCUT2D eigenvalue weighted by Crippen LogP contribution is 2.28. The zero-order chi connectivity index (χ0) is 14.2. The average Bonchev–Trinajstić information content (AvgIpc) is 3.16. The zero-order valence-corrected chi connectivity index (χ0v) is 11.9. The molecule has 2 N–H and O–H groups in total. The van der Waals surface area contributed by atoms with Crippen molar-refractivity contribution in [3.63, 3.8) is 0 Å². The smallest absolute Gasteiger partial charge is 0.137 e. The molecule has 106 valence electrons. The Morgan fingerprint density at radius 1 is 1.29 bits per heavy atom. The summed E-state index contributed by atoms with van der Waals surface area (Å²) in [6.07, 6.45) is 6.68. The van der Waals surface area contributed by atoms with Gasteiger partial charge in [-0.15, -0.1) is 0 Å². The van der Waals surface area contributed by atoms with E-state index in [9.17, 15) is 0 Å². The molecular formula is C16H17N5. The fourth-order valence-corrected chi connectivity index (χ4v) is 2.95. The molecule has 0 saturated heterocycles. The number of imidazole rings is 1. The summed E-state index contributed by atoms with van der Waals surface area (Å²) in [6, 6.07) is 8.40. The molecule has 0 spiro atoms. The molecule has 0 aliphatic carbocycles. The summed E-state index contributed by atoms with van der Waals surface area (Å²) >= 11 is 0. The Hall–Kier alpha value is -2.40. The van der Waals surface area contributed by atoms with E-state index < -0.39 is 0 Å². The number of H-pyrrole nitrogens is 1. The molecule has 4 rings (SSSR count). The summed E-state index contributed by atoms with van der Waals surface area (Å²) in [4.78, 5) is 12.2. The number of nitrogens with one attached hydrogen (secondary N) is 2. The van der Waals surface area contributed by atoms with Gasteiger partial charge in [0.15, 0.2) is 0 Å². The van der Waals surface area contributed by atoms with Crippen molar-refractivity contribution in [1.29, 1.82) is 0 Å². The first-order valence-electron chi connectivity index (χ1n) is 7.19. The van der Waals surface area contributed by atoms with Gasteiger partial charge in [-0.25, -0.2) is 9.97 Å². The molecule has 1 aliphatic heterocycles. The second-order valence-corrected chi connectivity index (χ2v) is 5.40. The van der Waals surface area contributed by atoms with E-state index in [4.69, 9.17) is 0 Å². The van der Waals surface area contributed by atoms with Crippen LogP contribution in [0.25, 0.3) is 5.82 Å². The quantitative estimate of drug-likeness (QED) is 0.755. The van der Waals surface area contributed by atoms with Crippen molar-refractivity contribution in [2.24, 2.45) is 0 Å². The van der Waals surface area contributed by atoms with Gasteiger partial charge in [-0.2, -0.15) is 0 Å². The zero-order valence-electron chi connectivity index (χ0n) is 11.9. The number of fused-ring (bicyclic) bond motifs is 1. The minimum Gasteiger partial charge on any atom is -0.348 e. The SMILES string of the molecule is Cc1ccnc(-n2cccc2[C@H]2NCCc3[nH]cnc32)c1. The Labute approximate surface area is 123 Å². The topological polar surface area (TPSA) is 58.5 Å².